The highest BCUT2D eigenvalue weighted by Crippen LogP contribution is 2.07. The lowest BCUT2D eigenvalue weighted by Crippen LogP contribution is -2.43. The van der Waals surface area contributed by atoms with Gasteiger partial charge in [0.05, 0.1) is 5.51 Å². The molecule has 0 saturated carbocycles. The Labute approximate surface area is 118 Å². The number of carbonyl (C=O) groups is 1. The fraction of sp³-hybridized carbons (Fsp3) is 0.692. The third-order valence-corrected chi connectivity index (χ3v) is 3.17. The summed E-state index contributed by atoms with van der Waals surface area (Å²) in [6, 6.07) is 0.0720. The van der Waals surface area contributed by atoms with Gasteiger partial charge in [-0.25, -0.2) is 4.79 Å². The van der Waals surface area contributed by atoms with Gasteiger partial charge in [-0.05, 0) is 27.2 Å². The zero-order valence-electron chi connectivity index (χ0n) is 12.0. The molecular weight excluding hydrogens is 262 g/mol. The molecule has 0 bridgehead atoms. The van der Waals surface area contributed by atoms with Crippen LogP contribution in [0.15, 0.2) is 11.7 Å². The molecule has 0 radical (unpaired) electrons. The SMILES string of the molecule is CCC(CNCc1cncs1)NC(=O)OC(C)(C)C. The van der Waals surface area contributed by atoms with Gasteiger partial charge >= 0.3 is 6.09 Å². The molecular formula is C13H23N3O2S. The van der Waals surface area contributed by atoms with Gasteiger partial charge in [0.25, 0.3) is 0 Å². The molecule has 1 atom stereocenters. The molecule has 0 fully saturated rings. The van der Waals surface area contributed by atoms with E-state index in [1.807, 2.05) is 39.4 Å². The number of hydrogen-bond donors (Lipinski definition) is 2. The summed E-state index contributed by atoms with van der Waals surface area (Å²) in [5, 5.41) is 6.17. The van der Waals surface area contributed by atoms with Crippen molar-refractivity contribution in [1.29, 1.82) is 0 Å². The molecule has 1 amide bonds. The number of rotatable bonds is 6. The Morgan fingerprint density at radius 1 is 1.53 bits per heavy atom. The van der Waals surface area contributed by atoms with Gasteiger partial charge in [-0.3, -0.25) is 4.98 Å². The molecule has 5 nitrogen and oxygen atoms in total. The smallest absolute Gasteiger partial charge is 0.407 e. The van der Waals surface area contributed by atoms with Crippen molar-refractivity contribution in [2.24, 2.45) is 0 Å². The second-order valence-electron chi connectivity index (χ2n) is 5.35. The van der Waals surface area contributed by atoms with Crippen molar-refractivity contribution in [2.75, 3.05) is 6.54 Å². The van der Waals surface area contributed by atoms with E-state index < -0.39 is 5.60 Å². The molecule has 1 rings (SSSR count). The van der Waals surface area contributed by atoms with Crippen LogP contribution in [0.4, 0.5) is 4.79 Å². The molecule has 0 saturated heterocycles. The average Bonchev–Trinajstić information content (AvgIpc) is 2.78. The highest BCUT2D eigenvalue weighted by Gasteiger charge is 2.18. The van der Waals surface area contributed by atoms with E-state index in [2.05, 4.69) is 15.6 Å². The number of nitrogens with one attached hydrogen (secondary N) is 2. The predicted molar refractivity (Wildman–Crippen MR) is 77.3 cm³/mol. The highest BCUT2D eigenvalue weighted by molar-refractivity contribution is 7.09. The molecule has 1 heterocycles. The van der Waals surface area contributed by atoms with E-state index in [1.165, 1.54) is 4.88 Å². The Balaban J connectivity index is 2.27. The van der Waals surface area contributed by atoms with Crippen molar-refractivity contribution in [3.63, 3.8) is 0 Å². The molecule has 19 heavy (non-hydrogen) atoms. The zero-order valence-corrected chi connectivity index (χ0v) is 12.8. The number of ether oxygens (including phenoxy) is 1. The van der Waals surface area contributed by atoms with Gasteiger partial charge in [-0.2, -0.15) is 0 Å². The molecule has 0 aromatic carbocycles. The predicted octanol–water partition coefficient (Wildman–Crippen LogP) is 2.54. The van der Waals surface area contributed by atoms with Crippen LogP contribution in [0.3, 0.4) is 0 Å². The summed E-state index contributed by atoms with van der Waals surface area (Å²) in [5.74, 6) is 0. The number of carbonyl (C=O) groups excluding carboxylic acids is 1. The Hall–Kier alpha value is -1.14. The van der Waals surface area contributed by atoms with Crippen LogP contribution in [-0.4, -0.2) is 29.3 Å². The maximum absolute atomic E-state index is 11.7. The van der Waals surface area contributed by atoms with Crippen molar-refractivity contribution in [3.05, 3.63) is 16.6 Å². The monoisotopic (exact) mass is 285 g/mol. The number of amides is 1. The van der Waals surface area contributed by atoms with Crippen LogP contribution in [-0.2, 0) is 11.3 Å². The lowest BCUT2D eigenvalue weighted by atomic mass is 10.2. The fourth-order valence-corrected chi connectivity index (χ4v) is 2.03. The molecule has 1 unspecified atom stereocenters. The third kappa shape index (κ3) is 7.12. The van der Waals surface area contributed by atoms with Gasteiger partial charge in [-0.1, -0.05) is 6.92 Å². The topological polar surface area (TPSA) is 63.2 Å². The first-order valence-corrected chi connectivity index (χ1v) is 7.36. The van der Waals surface area contributed by atoms with E-state index >= 15 is 0 Å². The summed E-state index contributed by atoms with van der Waals surface area (Å²) in [4.78, 5) is 16.9. The number of alkyl carbamates (subject to hydrolysis) is 1. The maximum Gasteiger partial charge on any atom is 0.407 e. The summed E-state index contributed by atoms with van der Waals surface area (Å²) in [5.41, 5.74) is 1.35. The lowest BCUT2D eigenvalue weighted by molar-refractivity contribution is 0.0502. The van der Waals surface area contributed by atoms with Crippen LogP contribution in [0.25, 0.3) is 0 Å². The second kappa shape index (κ2) is 7.45. The Bertz CT molecular complexity index is 374. The first-order valence-electron chi connectivity index (χ1n) is 6.48. The van der Waals surface area contributed by atoms with Crippen LogP contribution in [0.2, 0.25) is 0 Å². The minimum Gasteiger partial charge on any atom is -0.444 e. The van der Waals surface area contributed by atoms with E-state index in [0.717, 1.165) is 13.0 Å². The van der Waals surface area contributed by atoms with Crippen molar-refractivity contribution in [1.82, 2.24) is 15.6 Å². The lowest BCUT2D eigenvalue weighted by Gasteiger charge is -2.23. The summed E-state index contributed by atoms with van der Waals surface area (Å²) >= 11 is 1.62. The third-order valence-electron chi connectivity index (χ3n) is 2.39. The quantitative estimate of drug-likeness (QED) is 0.843. The molecule has 0 aliphatic heterocycles. The standard InChI is InChI=1S/C13H23N3O2S/c1-5-10(16-12(17)18-13(2,3)4)6-14-7-11-8-15-9-19-11/h8-10,14H,5-7H2,1-4H3,(H,16,17). The Morgan fingerprint density at radius 2 is 2.26 bits per heavy atom. The Morgan fingerprint density at radius 3 is 2.79 bits per heavy atom. The van der Waals surface area contributed by atoms with Gasteiger partial charge in [-0.15, -0.1) is 11.3 Å². The van der Waals surface area contributed by atoms with E-state index in [-0.39, 0.29) is 12.1 Å². The minimum atomic E-state index is -0.460. The van der Waals surface area contributed by atoms with E-state index in [9.17, 15) is 4.79 Å². The van der Waals surface area contributed by atoms with Crippen LogP contribution < -0.4 is 10.6 Å². The highest BCUT2D eigenvalue weighted by atomic mass is 32.1. The largest absolute Gasteiger partial charge is 0.444 e. The van der Waals surface area contributed by atoms with Crippen molar-refractivity contribution < 1.29 is 9.53 Å². The minimum absolute atomic E-state index is 0.0720. The van der Waals surface area contributed by atoms with E-state index in [0.29, 0.717) is 6.54 Å². The van der Waals surface area contributed by atoms with Crippen LogP contribution in [0, 0.1) is 0 Å². The summed E-state index contributed by atoms with van der Waals surface area (Å²) in [6.45, 7) is 9.10. The van der Waals surface area contributed by atoms with Crippen LogP contribution >= 0.6 is 11.3 Å². The summed E-state index contributed by atoms with van der Waals surface area (Å²) in [6.07, 6.45) is 2.34. The molecule has 0 aliphatic carbocycles. The molecule has 1 aromatic heterocycles. The molecule has 108 valence electrons. The van der Waals surface area contributed by atoms with Crippen LogP contribution in [0.1, 0.15) is 39.0 Å². The van der Waals surface area contributed by atoms with Gasteiger partial charge in [0.15, 0.2) is 0 Å². The van der Waals surface area contributed by atoms with E-state index in [4.69, 9.17) is 4.74 Å². The van der Waals surface area contributed by atoms with Crippen molar-refractivity contribution in [3.8, 4) is 0 Å². The second-order valence-corrected chi connectivity index (χ2v) is 6.32. The number of hydrogen-bond acceptors (Lipinski definition) is 5. The van der Waals surface area contributed by atoms with E-state index in [1.54, 1.807) is 11.3 Å². The summed E-state index contributed by atoms with van der Waals surface area (Å²) in [7, 11) is 0. The van der Waals surface area contributed by atoms with Gasteiger partial charge in [0.1, 0.15) is 5.60 Å². The number of nitrogens with zero attached hydrogens (tertiary/aromatic N) is 1. The Kier molecular flexibility index (Phi) is 6.24. The van der Waals surface area contributed by atoms with Gasteiger partial charge < -0.3 is 15.4 Å². The molecule has 0 aliphatic rings. The number of aromatic nitrogens is 1. The molecule has 0 spiro atoms. The maximum atomic E-state index is 11.7. The normalized spacial score (nSPS) is 13.1. The van der Waals surface area contributed by atoms with Crippen LogP contribution in [0.5, 0.6) is 0 Å². The fourth-order valence-electron chi connectivity index (χ4n) is 1.47. The molecule has 1 aromatic rings. The first-order chi connectivity index (χ1) is 8.90. The zero-order chi connectivity index (χ0) is 14.3. The van der Waals surface area contributed by atoms with Gasteiger partial charge in [0, 0.05) is 30.2 Å². The van der Waals surface area contributed by atoms with Crippen molar-refractivity contribution in [2.45, 2.75) is 52.3 Å². The van der Waals surface area contributed by atoms with Crippen molar-refractivity contribution >= 4 is 17.4 Å². The summed E-state index contributed by atoms with van der Waals surface area (Å²) < 4.78 is 5.24. The average molecular weight is 285 g/mol. The molecule has 6 heteroatoms. The number of thiazole rings is 1. The first kappa shape index (κ1) is 15.9. The van der Waals surface area contributed by atoms with Gasteiger partial charge in [0.2, 0.25) is 0 Å². The molecule has 2 N–H and O–H groups in total.